The highest BCUT2D eigenvalue weighted by Crippen LogP contribution is 2.32. The van der Waals surface area contributed by atoms with E-state index in [1.54, 1.807) is 36.8 Å². The average Bonchev–Trinajstić information content (AvgIpc) is 3.28. The molecular weight excluding hydrogens is 426 g/mol. The first-order chi connectivity index (χ1) is 15.5. The zero-order valence-corrected chi connectivity index (χ0v) is 18.6. The third-order valence-corrected chi connectivity index (χ3v) is 5.56. The van der Waals surface area contributed by atoms with Crippen molar-refractivity contribution >= 4 is 22.4 Å². The van der Waals surface area contributed by atoms with Gasteiger partial charge in [0.15, 0.2) is 11.5 Å². The Morgan fingerprint density at radius 3 is 2.72 bits per heavy atom. The minimum Gasteiger partial charge on any atom is -0.493 e. The number of nitrogens with one attached hydrogen (secondary N) is 1. The van der Waals surface area contributed by atoms with Crippen LogP contribution in [0.4, 0.5) is 5.13 Å². The van der Waals surface area contributed by atoms with Crippen LogP contribution in [0.5, 0.6) is 11.5 Å². The molecule has 3 heterocycles. The molecule has 1 N–H and O–H groups in total. The maximum absolute atomic E-state index is 12.8. The second kappa shape index (κ2) is 9.52. The second-order valence-electron chi connectivity index (χ2n) is 6.96. The molecular formula is C23H21N5O3S. The molecule has 32 heavy (non-hydrogen) atoms. The molecule has 9 heteroatoms. The van der Waals surface area contributed by atoms with E-state index < -0.39 is 0 Å². The molecule has 0 bridgehead atoms. The maximum Gasteiger partial charge on any atom is 0.257 e. The Hall–Kier alpha value is -3.85. The van der Waals surface area contributed by atoms with Gasteiger partial charge in [0.1, 0.15) is 11.1 Å². The van der Waals surface area contributed by atoms with Gasteiger partial charge in [-0.25, -0.2) is 0 Å². The summed E-state index contributed by atoms with van der Waals surface area (Å²) in [5.74, 6) is 0.675. The Balaban J connectivity index is 1.47. The number of carbonyl (C=O) groups is 1. The van der Waals surface area contributed by atoms with Crippen LogP contribution in [0.2, 0.25) is 0 Å². The third kappa shape index (κ3) is 4.89. The lowest BCUT2D eigenvalue weighted by atomic mass is 10.1. The van der Waals surface area contributed by atoms with Gasteiger partial charge in [-0.15, -0.1) is 10.2 Å². The van der Waals surface area contributed by atoms with Crippen molar-refractivity contribution in [3.8, 4) is 22.1 Å². The van der Waals surface area contributed by atoms with Crippen LogP contribution in [0.3, 0.4) is 0 Å². The van der Waals surface area contributed by atoms with Gasteiger partial charge in [0, 0.05) is 41.0 Å². The molecule has 0 aliphatic carbocycles. The van der Waals surface area contributed by atoms with Gasteiger partial charge < -0.3 is 9.47 Å². The Morgan fingerprint density at radius 2 is 1.97 bits per heavy atom. The molecule has 0 saturated heterocycles. The van der Waals surface area contributed by atoms with Crippen molar-refractivity contribution in [2.75, 3.05) is 12.4 Å². The predicted molar refractivity (Wildman–Crippen MR) is 122 cm³/mol. The summed E-state index contributed by atoms with van der Waals surface area (Å²) < 4.78 is 11.5. The van der Waals surface area contributed by atoms with E-state index in [1.165, 1.54) is 18.4 Å². The number of amides is 1. The fraction of sp³-hybridized carbons (Fsp3) is 0.174. The van der Waals surface area contributed by atoms with E-state index in [0.717, 1.165) is 16.8 Å². The highest BCUT2D eigenvalue weighted by molar-refractivity contribution is 7.18. The zero-order chi connectivity index (χ0) is 22.5. The monoisotopic (exact) mass is 447 g/mol. The Labute approximate surface area is 189 Å². The number of anilines is 1. The van der Waals surface area contributed by atoms with Crippen molar-refractivity contribution < 1.29 is 14.3 Å². The first kappa shape index (κ1) is 21.4. The van der Waals surface area contributed by atoms with E-state index >= 15 is 0 Å². The number of aryl methyl sites for hydroxylation is 1. The molecule has 4 rings (SSSR count). The number of pyridine rings is 2. The van der Waals surface area contributed by atoms with Gasteiger partial charge in [-0.1, -0.05) is 17.4 Å². The van der Waals surface area contributed by atoms with E-state index in [1.807, 2.05) is 38.1 Å². The molecule has 0 aliphatic heterocycles. The molecule has 0 aliphatic rings. The second-order valence-corrected chi connectivity index (χ2v) is 7.94. The van der Waals surface area contributed by atoms with Crippen LogP contribution in [0.15, 0.2) is 61.1 Å². The van der Waals surface area contributed by atoms with E-state index in [2.05, 4.69) is 25.5 Å². The summed E-state index contributed by atoms with van der Waals surface area (Å²) >= 11 is 1.29. The minimum atomic E-state index is -0.316. The van der Waals surface area contributed by atoms with Gasteiger partial charge in [0.25, 0.3) is 5.91 Å². The number of methoxy groups -OCH3 is 1. The number of rotatable bonds is 7. The highest BCUT2D eigenvalue weighted by Gasteiger charge is 2.16. The van der Waals surface area contributed by atoms with E-state index in [-0.39, 0.29) is 12.0 Å². The highest BCUT2D eigenvalue weighted by atomic mass is 32.1. The van der Waals surface area contributed by atoms with Gasteiger partial charge in [-0.3, -0.25) is 20.1 Å². The first-order valence-electron chi connectivity index (χ1n) is 9.86. The SMILES string of the molecule is COc1cc(C(=O)Nc2nnc(-c3ccnc(C)c3)s2)ccc1O[C@@H](C)c1cccnc1. The fourth-order valence-electron chi connectivity index (χ4n) is 3.02. The smallest absolute Gasteiger partial charge is 0.257 e. The summed E-state index contributed by atoms with van der Waals surface area (Å²) in [7, 11) is 1.53. The fourth-order valence-corrected chi connectivity index (χ4v) is 3.75. The molecule has 0 radical (unpaired) electrons. The number of carbonyl (C=O) groups excluding carboxylic acids is 1. The zero-order valence-electron chi connectivity index (χ0n) is 17.8. The average molecular weight is 448 g/mol. The van der Waals surface area contributed by atoms with Crippen molar-refractivity contribution in [3.63, 3.8) is 0 Å². The summed E-state index contributed by atoms with van der Waals surface area (Å²) in [6.07, 6.45) is 4.95. The summed E-state index contributed by atoms with van der Waals surface area (Å²) in [4.78, 5) is 21.0. The van der Waals surface area contributed by atoms with Crippen molar-refractivity contribution in [2.24, 2.45) is 0 Å². The first-order valence-corrected chi connectivity index (χ1v) is 10.7. The molecule has 8 nitrogen and oxygen atoms in total. The number of nitrogens with zero attached hydrogens (tertiary/aromatic N) is 4. The lowest BCUT2D eigenvalue weighted by Gasteiger charge is -2.17. The molecule has 0 fully saturated rings. The lowest BCUT2D eigenvalue weighted by molar-refractivity contribution is 0.102. The summed E-state index contributed by atoms with van der Waals surface area (Å²) in [6.45, 7) is 3.83. The van der Waals surface area contributed by atoms with Crippen LogP contribution in [0.25, 0.3) is 10.6 Å². The van der Waals surface area contributed by atoms with E-state index in [0.29, 0.717) is 27.2 Å². The third-order valence-electron chi connectivity index (χ3n) is 4.67. The Kier molecular flexibility index (Phi) is 6.37. The summed E-state index contributed by atoms with van der Waals surface area (Å²) in [6, 6.07) is 12.6. The van der Waals surface area contributed by atoms with Crippen LogP contribution in [-0.2, 0) is 0 Å². The van der Waals surface area contributed by atoms with E-state index in [4.69, 9.17) is 9.47 Å². The number of ether oxygens (including phenoxy) is 2. The van der Waals surface area contributed by atoms with Crippen LogP contribution in [0.1, 0.15) is 34.6 Å². The van der Waals surface area contributed by atoms with Crippen molar-refractivity contribution in [1.29, 1.82) is 0 Å². The number of aromatic nitrogens is 4. The standard InChI is InChI=1S/C23H21N5O3S/c1-14-11-17(8-10-25-14)22-27-28-23(32-22)26-21(29)16-6-7-19(20(12-16)30-3)31-15(2)18-5-4-9-24-13-18/h4-13,15H,1-3H3,(H,26,28,29)/t15-/m0/s1. The van der Waals surface area contributed by atoms with Crippen LogP contribution in [0, 0.1) is 6.92 Å². The Morgan fingerprint density at radius 1 is 1.09 bits per heavy atom. The topological polar surface area (TPSA) is 99.1 Å². The predicted octanol–water partition coefficient (Wildman–Crippen LogP) is 4.70. The molecule has 0 spiro atoms. The molecule has 162 valence electrons. The lowest BCUT2D eigenvalue weighted by Crippen LogP contribution is -2.12. The van der Waals surface area contributed by atoms with Crippen molar-refractivity contribution in [3.05, 3.63) is 77.9 Å². The summed E-state index contributed by atoms with van der Waals surface area (Å²) in [5.41, 5.74) is 3.14. The molecule has 1 aromatic carbocycles. The van der Waals surface area contributed by atoms with Gasteiger partial charge >= 0.3 is 0 Å². The molecule has 0 saturated carbocycles. The van der Waals surface area contributed by atoms with Gasteiger partial charge in [-0.2, -0.15) is 0 Å². The molecule has 1 amide bonds. The molecule has 4 aromatic rings. The number of benzene rings is 1. The maximum atomic E-state index is 12.8. The quantitative estimate of drug-likeness (QED) is 0.438. The van der Waals surface area contributed by atoms with Crippen LogP contribution in [-0.4, -0.2) is 33.2 Å². The number of hydrogen-bond acceptors (Lipinski definition) is 8. The minimum absolute atomic E-state index is 0.228. The van der Waals surface area contributed by atoms with Crippen molar-refractivity contribution in [2.45, 2.75) is 20.0 Å². The molecule has 3 aromatic heterocycles. The molecule has 0 unspecified atom stereocenters. The normalized spacial score (nSPS) is 11.6. The summed E-state index contributed by atoms with van der Waals surface area (Å²) in [5, 5.41) is 12.1. The van der Waals surface area contributed by atoms with Gasteiger partial charge in [0.05, 0.1) is 7.11 Å². The van der Waals surface area contributed by atoms with Crippen LogP contribution >= 0.6 is 11.3 Å². The van der Waals surface area contributed by atoms with E-state index in [9.17, 15) is 4.79 Å². The van der Waals surface area contributed by atoms with Crippen LogP contribution < -0.4 is 14.8 Å². The van der Waals surface area contributed by atoms with Crippen molar-refractivity contribution in [1.82, 2.24) is 20.2 Å². The largest absolute Gasteiger partial charge is 0.493 e. The number of hydrogen-bond donors (Lipinski definition) is 1. The molecule has 1 atom stereocenters. The van der Waals surface area contributed by atoms with Gasteiger partial charge in [0.2, 0.25) is 5.13 Å². The Bertz CT molecular complexity index is 1230. The van der Waals surface area contributed by atoms with Gasteiger partial charge in [-0.05, 0) is 50.2 Å².